The predicted molar refractivity (Wildman–Crippen MR) is 67.9 cm³/mol. The highest BCUT2D eigenvalue weighted by Gasteiger charge is 2.14. The van der Waals surface area contributed by atoms with Gasteiger partial charge in [-0.25, -0.2) is 4.79 Å². The first kappa shape index (κ1) is 14.0. The van der Waals surface area contributed by atoms with E-state index in [0.717, 1.165) is 5.56 Å². The van der Waals surface area contributed by atoms with Crippen LogP contribution in [0.3, 0.4) is 0 Å². The van der Waals surface area contributed by atoms with Crippen LogP contribution >= 0.6 is 0 Å². The molecule has 1 aromatic rings. The summed E-state index contributed by atoms with van der Waals surface area (Å²) in [6.07, 6.45) is 0.656. The second kappa shape index (κ2) is 7.32. The number of urea groups is 1. The minimum Gasteiger partial charge on any atom is -0.465 e. The van der Waals surface area contributed by atoms with Crippen molar-refractivity contribution < 1.29 is 14.3 Å². The Balaban J connectivity index is 2.48. The van der Waals surface area contributed by atoms with Crippen LogP contribution in [0.15, 0.2) is 30.3 Å². The normalized spacial score (nSPS) is 9.83. The van der Waals surface area contributed by atoms with Crippen molar-refractivity contribution in [3.63, 3.8) is 0 Å². The molecule has 0 atom stereocenters. The van der Waals surface area contributed by atoms with Crippen LogP contribution in [0.25, 0.3) is 0 Å². The Labute approximate surface area is 107 Å². The van der Waals surface area contributed by atoms with Crippen LogP contribution in [0.5, 0.6) is 0 Å². The third kappa shape index (κ3) is 4.86. The molecule has 0 unspecified atom stereocenters. The molecule has 0 saturated carbocycles. The van der Waals surface area contributed by atoms with Gasteiger partial charge in [0.15, 0.2) is 0 Å². The summed E-state index contributed by atoms with van der Waals surface area (Å²) < 4.78 is 4.79. The highest BCUT2D eigenvalue weighted by atomic mass is 16.5. The molecule has 5 nitrogen and oxygen atoms in total. The first-order chi connectivity index (χ1) is 8.63. The van der Waals surface area contributed by atoms with Crippen molar-refractivity contribution in [1.82, 2.24) is 4.90 Å². The Morgan fingerprint density at radius 1 is 1.28 bits per heavy atom. The van der Waals surface area contributed by atoms with Crippen molar-refractivity contribution in [1.29, 1.82) is 0 Å². The molecule has 0 aromatic heterocycles. The smallest absolute Gasteiger partial charge is 0.325 e. The second-order valence-corrected chi connectivity index (χ2v) is 3.80. The molecule has 2 amide bonds. The highest BCUT2D eigenvalue weighted by molar-refractivity contribution is 5.79. The summed E-state index contributed by atoms with van der Waals surface area (Å²) >= 11 is 0. The van der Waals surface area contributed by atoms with Gasteiger partial charge in [0.2, 0.25) is 0 Å². The number of amides is 2. The van der Waals surface area contributed by atoms with Crippen molar-refractivity contribution in [3.05, 3.63) is 35.9 Å². The molecule has 0 fully saturated rings. The molecule has 0 aliphatic heterocycles. The number of carbonyl (C=O) groups is 2. The van der Waals surface area contributed by atoms with Crippen LogP contribution in [0, 0.1) is 0 Å². The van der Waals surface area contributed by atoms with Crippen molar-refractivity contribution in [2.45, 2.75) is 13.3 Å². The average molecular weight is 250 g/mol. The molecule has 0 aliphatic carbocycles. The van der Waals surface area contributed by atoms with E-state index in [1.165, 1.54) is 4.90 Å². The average Bonchev–Trinajstić information content (AvgIpc) is 2.35. The first-order valence-electron chi connectivity index (χ1n) is 5.87. The predicted octanol–water partition coefficient (Wildman–Crippen LogP) is 1.17. The number of hydrogen-bond acceptors (Lipinski definition) is 3. The Kier molecular flexibility index (Phi) is 5.70. The number of carbonyl (C=O) groups excluding carboxylic acids is 2. The van der Waals surface area contributed by atoms with Gasteiger partial charge in [0.1, 0.15) is 6.54 Å². The van der Waals surface area contributed by atoms with Gasteiger partial charge in [0, 0.05) is 6.54 Å². The quantitative estimate of drug-likeness (QED) is 0.770. The number of hydrogen-bond donors (Lipinski definition) is 1. The van der Waals surface area contributed by atoms with Gasteiger partial charge in [-0.2, -0.15) is 0 Å². The lowest BCUT2D eigenvalue weighted by molar-refractivity contribution is -0.143. The zero-order chi connectivity index (χ0) is 13.4. The SMILES string of the molecule is CCOC(=O)CN(CCc1ccccc1)C(N)=O. The molecule has 0 spiro atoms. The molecule has 98 valence electrons. The summed E-state index contributed by atoms with van der Waals surface area (Å²) in [6.45, 7) is 2.31. The molecule has 0 heterocycles. The van der Waals surface area contributed by atoms with Crippen molar-refractivity contribution in [2.24, 2.45) is 5.73 Å². The summed E-state index contributed by atoms with van der Waals surface area (Å²) in [7, 11) is 0. The standard InChI is InChI=1S/C13H18N2O3/c1-2-18-12(16)10-15(13(14)17)9-8-11-6-4-3-5-7-11/h3-7H,2,8-10H2,1H3,(H2,14,17). The van der Waals surface area contributed by atoms with Crippen LogP contribution in [0.2, 0.25) is 0 Å². The van der Waals surface area contributed by atoms with Gasteiger partial charge >= 0.3 is 12.0 Å². The Morgan fingerprint density at radius 2 is 1.94 bits per heavy atom. The number of benzene rings is 1. The number of nitrogens with two attached hydrogens (primary N) is 1. The Morgan fingerprint density at radius 3 is 2.50 bits per heavy atom. The van der Waals surface area contributed by atoms with Crippen molar-refractivity contribution in [3.8, 4) is 0 Å². The monoisotopic (exact) mass is 250 g/mol. The van der Waals surface area contributed by atoms with Gasteiger partial charge < -0.3 is 15.4 Å². The van der Waals surface area contributed by atoms with Gasteiger partial charge in [-0.3, -0.25) is 4.79 Å². The number of ether oxygens (including phenoxy) is 1. The molecular weight excluding hydrogens is 232 g/mol. The van der Waals surface area contributed by atoms with Crippen molar-refractivity contribution >= 4 is 12.0 Å². The van der Waals surface area contributed by atoms with Gasteiger partial charge in [-0.15, -0.1) is 0 Å². The maximum Gasteiger partial charge on any atom is 0.325 e. The van der Waals surface area contributed by atoms with E-state index in [1.54, 1.807) is 6.92 Å². The van der Waals surface area contributed by atoms with Crippen LogP contribution in [0.4, 0.5) is 4.79 Å². The zero-order valence-electron chi connectivity index (χ0n) is 10.5. The maximum absolute atomic E-state index is 11.3. The summed E-state index contributed by atoms with van der Waals surface area (Å²) in [4.78, 5) is 23.8. The van der Waals surface area contributed by atoms with E-state index < -0.39 is 12.0 Å². The van der Waals surface area contributed by atoms with Crippen LogP contribution in [-0.2, 0) is 16.0 Å². The first-order valence-corrected chi connectivity index (χ1v) is 5.87. The third-order valence-corrected chi connectivity index (χ3v) is 2.45. The summed E-state index contributed by atoms with van der Waals surface area (Å²) in [5.41, 5.74) is 6.31. The van der Waals surface area contributed by atoms with Crippen LogP contribution in [-0.4, -0.2) is 36.6 Å². The lowest BCUT2D eigenvalue weighted by Gasteiger charge is -2.19. The lowest BCUT2D eigenvalue weighted by atomic mass is 10.1. The summed E-state index contributed by atoms with van der Waals surface area (Å²) in [5.74, 6) is -0.440. The van der Waals surface area contributed by atoms with Crippen LogP contribution < -0.4 is 5.73 Å². The van der Waals surface area contributed by atoms with E-state index in [1.807, 2.05) is 30.3 Å². The molecule has 0 radical (unpaired) electrons. The molecule has 0 saturated heterocycles. The fourth-order valence-electron chi connectivity index (χ4n) is 1.54. The molecule has 0 aliphatic rings. The highest BCUT2D eigenvalue weighted by Crippen LogP contribution is 2.01. The minimum atomic E-state index is -0.612. The molecule has 0 bridgehead atoms. The fourth-order valence-corrected chi connectivity index (χ4v) is 1.54. The van der Waals surface area contributed by atoms with Gasteiger partial charge in [0.25, 0.3) is 0 Å². The number of rotatable bonds is 6. The minimum absolute atomic E-state index is 0.101. The van der Waals surface area contributed by atoms with E-state index in [9.17, 15) is 9.59 Å². The zero-order valence-corrected chi connectivity index (χ0v) is 10.5. The fraction of sp³-hybridized carbons (Fsp3) is 0.385. The summed E-state index contributed by atoms with van der Waals surface area (Å²) in [5, 5.41) is 0. The van der Waals surface area contributed by atoms with Gasteiger partial charge in [-0.1, -0.05) is 30.3 Å². The van der Waals surface area contributed by atoms with E-state index in [4.69, 9.17) is 10.5 Å². The Bertz CT molecular complexity index is 392. The van der Waals surface area contributed by atoms with E-state index in [2.05, 4.69) is 0 Å². The molecule has 18 heavy (non-hydrogen) atoms. The van der Waals surface area contributed by atoms with Gasteiger partial charge in [0.05, 0.1) is 6.61 Å². The number of nitrogens with zero attached hydrogens (tertiary/aromatic N) is 1. The van der Waals surface area contributed by atoms with E-state index >= 15 is 0 Å². The second-order valence-electron chi connectivity index (χ2n) is 3.80. The van der Waals surface area contributed by atoms with E-state index in [0.29, 0.717) is 19.6 Å². The number of esters is 1. The molecular formula is C13H18N2O3. The molecule has 2 N–H and O–H groups in total. The van der Waals surface area contributed by atoms with Crippen molar-refractivity contribution in [2.75, 3.05) is 19.7 Å². The summed E-state index contributed by atoms with van der Waals surface area (Å²) in [6, 6.07) is 9.09. The lowest BCUT2D eigenvalue weighted by Crippen LogP contribution is -2.41. The van der Waals surface area contributed by atoms with Crippen LogP contribution in [0.1, 0.15) is 12.5 Å². The van der Waals surface area contributed by atoms with Gasteiger partial charge in [-0.05, 0) is 18.9 Å². The van der Waals surface area contributed by atoms with E-state index in [-0.39, 0.29) is 6.54 Å². The molecule has 5 heteroatoms. The topological polar surface area (TPSA) is 72.6 Å². The maximum atomic E-state index is 11.3. The molecule has 1 rings (SSSR count). The largest absolute Gasteiger partial charge is 0.465 e. The third-order valence-electron chi connectivity index (χ3n) is 2.45. The number of primary amides is 1. The Hall–Kier alpha value is -2.04. The molecule has 1 aromatic carbocycles.